The maximum absolute atomic E-state index is 2.52. The average molecular weight is 206 g/mol. The topological polar surface area (TPSA) is 0 Å². The first kappa shape index (κ1) is 10.2. The maximum atomic E-state index is 2.52. The Bertz CT molecular complexity index is 278. The third-order valence-corrected chi connectivity index (χ3v) is 6.38. The van der Waals surface area contributed by atoms with Crippen LogP contribution in [0.3, 0.4) is 0 Å². The zero-order valence-corrected chi connectivity index (χ0v) is 11.2. The van der Waals surface area contributed by atoms with E-state index in [9.17, 15) is 0 Å². The molecule has 3 aliphatic rings. The van der Waals surface area contributed by atoms with E-state index in [-0.39, 0.29) is 0 Å². The molecule has 0 nitrogen and oxygen atoms in total. The molecule has 0 saturated heterocycles. The Morgan fingerprint density at radius 1 is 0.600 bits per heavy atom. The molecular weight excluding hydrogens is 180 g/mol. The number of rotatable bonds is 0. The van der Waals surface area contributed by atoms with Crippen molar-refractivity contribution < 1.29 is 0 Å². The summed E-state index contributed by atoms with van der Waals surface area (Å²) in [6.07, 6.45) is 2.89. The first-order valence-electron chi connectivity index (χ1n) is 6.70. The minimum atomic E-state index is 0.620. The van der Waals surface area contributed by atoms with E-state index in [1.54, 1.807) is 0 Å². The molecule has 0 bridgehead atoms. The molecule has 0 heterocycles. The third kappa shape index (κ3) is 0.996. The van der Waals surface area contributed by atoms with Crippen LogP contribution in [0.5, 0.6) is 0 Å². The highest BCUT2D eigenvalue weighted by atomic mass is 14.8. The molecule has 0 heteroatoms. The van der Waals surface area contributed by atoms with Gasteiger partial charge in [-0.2, -0.15) is 0 Å². The largest absolute Gasteiger partial charge is 0.0596 e. The SMILES string of the molecule is CC1(C)CCC(C)(C)[C@H]2[C@H]1[C@@H]1[C@H]2C1(C)C. The summed E-state index contributed by atoms with van der Waals surface area (Å²) in [5.41, 5.74) is 1.92. The second-order valence-electron chi connectivity index (χ2n) is 8.40. The molecule has 0 spiro atoms. The van der Waals surface area contributed by atoms with Gasteiger partial charge in [0.25, 0.3) is 0 Å². The highest BCUT2D eigenvalue weighted by molar-refractivity contribution is 5.26. The smallest absolute Gasteiger partial charge is 0.0286 e. The first-order valence-corrected chi connectivity index (χ1v) is 6.70. The van der Waals surface area contributed by atoms with Crippen molar-refractivity contribution in [2.75, 3.05) is 0 Å². The highest BCUT2D eigenvalue weighted by Crippen LogP contribution is 2.83. The van der Waals surface area contributed by atoms with Gasteiger partial charge in [-0.1, -0.05) is 41.5 Å². The van der Waals surface area contributed by atoms with Crippen LogP contribution in [-0.4, -0.2) is 0 Å². The van der Waals surface area contributed by atoms with Crippen molar-refractivity contribution in [2.24, 2.45) is 39.9 Å². The summed E-state index contributed by atoms with van der Waals surface area (Å²) in [7, 11) is 0. The van der Waals surface area contributed by atoms with Crippen LogP contribution in [0, 0.1) is 39.9 Å². The zero-order chi connectivity index (χ0) is 11.2. The fourth-order valence-corrected chi connectivity index (χ4v) is 5.31. The Hall–Kier alpha value is 0. The average Bonchev–Trinajstić information content (AvgIpc) is 2.38. The van der Waals surface area contributed by atoms with Gasteiger partial charge in [0.1, 0.15) is 0 Å². The number of hydrogen-bond acceptors (Lipinski definition) is 0. The molecule has 0 amide bonds. The molecule has 3 aliphatic carbocycles. The molecule has 3 fully saturated rings. The fourth-order valence-electron chi connectivity index (χ4n) is 5.31. The predicted octanol–water partition coefficient (Wildman–Crippen LogP) is 4.35. The van der Waals surface area contributed by atoms with Crippen molar-refractivity contribution in [3.63, 3.8) is 0 Å². The van der Waals surface area contributed by atoms with Crippen molar-refractivity contribution in [1.29, 1.82) is 0 Å². The van der Waals surface area contributed by atoms with Gasteiger partial charge in [0.2, 0.25) is 0 Å². The lowest BCUT2D eigenvalue weighted by Gasteiger charge is -2.58. The minimum Gasteiger partial charge on any atom is -0.0596 e. The van der Waals surface area contributed by atoms with Gasteiger partial charge >= 0.3 is 0 Å². The molecule has 0 aromatic heterocycles. The van der Waals surface area contributed by atoms with E-state index >= 15 is 0 Å². The summed E-state index contributed by atoms with van der Waals surface area (Å²) in [5, 5.41) is 0. The monoisotopic (exact) mass is 206 g/mol. The van der Waals surface area contributed by atoms with Crippen LogP contribution in [0.15, 0.2) is 0 Å². The van der Waals surface area contributed by atoms with Crippen LogP contribution in [0.25, 0.3) is 0 Å². The van der Waals surface area contributed by atoms with Gasteiger partial charge in [-0.25, -0.2) is 0 Å². The van der Waals surface area contributed by atoms with Gasteiger partial charge in [0.05, 0.1) is 0 Å². The molecule has 0 aliphatic heterocycles. The van der Waals surface area contributed by atoms with Crippen LogP contribution >= 0.6 is 0 Å². The Morgan fingerprint density at radius 2 is 0.933 bits per heavy atom. The van der Waals surface area contributed by atoms with E-state index in [0.717, 1.165) is 23.7 Å². The van der Waals surface area contributed by atoms with Crippen molar-refractivity contribution >= 4 is 0 Å². The van der Waals surface area contributed by atoms with Gasteiger partial charge in [0, 0.05) is 0 Å². The van der Waals surface area contributed by atoms with Gasteiger partial charge in [-0.05, 0) is 52.8 Å². The lowest BCUT2D eigenvalue weighted by atomic mass is 9.47. The maximum Gasteiger partial charge on any atom is -0.0286 e. The molecular formula is C15H26. The number of fused-ring (bicyclic) bond motifs is 4. The van der Waals surface area contributed by atoms with Crippen molar-refractivity contribution in [3.8, 4) is 0 Å². The minimum absolute atomic E-state index is 0.620. The molecule has 0 unspecified atom stereocenters. The summed E-state index contributed by atoms with van der Waals surface area (Å²) in [6, 6.07) is 0. The summed E-state index contributed by atoms with van der Waals surface area (Å²) >= 11 is 0. The van der Waals surface area contributed by atoms with E-state index in [4.69, 9.17) is 0 Å². The third-order valence-electron chi connectivity index (χ3n) is 6.38. The summed E-state index contributed by atoms with van der Waals surface area (Å²) < 4.78 is 0. The van der Waals surface area contributed by atoms with Crippen LogP contribution in [0.1, 0.15) is 54.4 Å². The predicted molar refractivity (Wildman–Crippen MR) is 64.5 cm³/mol. The van der Waals surface area contributed by atoms with Crippen molar-refractivity contribution in [2.45, 2.75) is 54.4 Å². The Balaban J connectivity index is 1.96. The zero-order valence-electron chi connectivity index (χ0n) is 11.2. The molecule has 0 radical (unpaired) electrons. The summed E-state index contributed by atoms with van der Waals surface area (Å²) in [5.74, 6) is 4.19. The molecule has 0 N–H and O–H groups in total. The first-order chi connectivity index (χ1) is 6.70. The fraction of sp³-hybridized carbons (Fsp3) is 1.00. The second kappa shape index (κ2) is 2.31. The van der Waals surface area contributed by atoms with E-state index in [1.165, 1.54) is 12.8 Å². The van der Waals surface area contributed by atoms with Crippen LogP contribution in [0.4, 0.5) is 0 Å². The molecule has 3 saturated carbocycles. The lowest BCUT2D eigenvalue weighted by molar-refractivity contribution is -0.0969. The Kier molecular flexibility index (Phi) is 1.57. The van der Waals surface area contributed by atoms with Crippen LogP contribution in [-0.2, 0) is 0 Å². The van der Waals surface area contributed by atoms with E-state index in [1.807, 2.05) is 0 Å². The summed E-state index contributed by atoms with van der Waals surface area (Å²) in [6.45, 7) is 15.1. The Labute approximate surface area is 94.8 Å². The standard InChI is InChI=1S/C15H26/c1-13(2)7-8-14(3,4)10-9(13)11-12(10)15(11,5)6/h9-12H,7-8H2,1-6H3/t9-,10-,11-,12+/m0/s1. The second-order valence-corrected chi connectivity index (χ2v) is 8.40. The highest BCUT2D eigenvalue weighted by Gasteiger charge is 2.79. The lowest BCUT2D eigenvalue weighted by Crippen LogP contribution is -2.52. The summed E-state index contributed by atoms with van der Waals surface area (Å²) in [4.78, 5) is 0. The van der Waals surface area contributed by atoms with Gasteiger partial charge in [0.15, 0.2) is 0 Å². The van der Waals surface area contributed by atoms with Gasteiger partial charge in [-0.15, -0.1) is 0 Å². The van der Waals surface area contributed by atoms with E-state index in [0.29, 0.717) is 16.2 Å². The molecule has 3 rings (SSSR count). The molecule has 86 valence electrons. The van der Waals surface area contributed by atoms with Gasteiger partial charge < -0.3 is 0 Å². The van der Waals surface area contributed by atoms with Gasteiger partial charge in [-0.3, -0.25) is 0 Å². The van der Waals surface area contributed by atoms with Crippen LogP contribution in [0.2, 0.25) is 0 Å². The quantitative estimate of drug-likeness (QED) is 0.553. The molecule has 0 aromatic carbocycles. The van der Waals surface area contributed by atoms with Crippen LogP contribution < -0.4 is 0 Å². The molecule has 4 atom stereocenters. The van der Waals surface area contributed by atoms with Crippen molar-refractivity contribution in [3.05, 3.63) is 0 Å². The van der Waals surface area contributed by atoms with E-state index in [2.05, 4.69) is 41.5 Å². The Morgan fingerprint density at radius 3 is 1.27 bits per heavy atom. The normalized spacial score (nSPS) is 52.4. The van der Waals surface area contributed by atoms with Crippen molar-refractivity contribution in [1.82, 2.24) is 0 Å². The molecule has 0 aromatic rings. The van der Waals surface area contributed by atoms with E-state index < -0.39 is 0 Å². The molecule has 15 heavy (non-hydrogen) atoms. The number of hydrogen-bond donors (Lipinski definition) is 0.